The maximum absolute atomic E-state index is 13.0. The van der Waals surface area contributed by atoms with Crippen molar-refractivity contribution in [3.8, 4) is 0 Å². The van der Waals surface area contributed by atoms with Crippen molar-refractivity contribution in [3.63, 3.8) is 0 Å². The lowest BCUT2D eigenvalue weighted by molar-refractivity contribution is 0.101. The van der Waals surface area contributed by atoms with E-state index in [0.717, 1.165) is 6.20 Å². The van der Waals surface area contributed by atoms with Gasteiger partial charge in [-0.3, -0.25) is 4.98 Å². The predicted molar refractivity (Wildman–Crippen MR) is 62.7 cm³/mol. The first-order chi connectivity index (χ1) is 7.50. The summed E-state index contributed by atoms with van der Waals surface area (Å²) in [5.74, 6) is -0.478. The molecule has 0 aliphatic heterocycles. The highest BCUT2D eigenvalue weighted by Crippen LogP contribution is 2.32. The fourth-order valence-electron chi connectivity index (χ4n) is 1.28. The summed E-state index contributed by atoms with van der Waals surface area (Å²) >= 11 is 4.51. The minimum atomic E-state index is -1.33. The average molecular weight is 303 g/mol. The van der Waals surface area contributed by atoms with E-state index in [1.807, 2.05) is 0 Å². The Morgan fingerprint density at radius 1 is 1.50 bits per heavy atom. The zero-order valence-electron chi connectivity index (χ0n) is 8.32. The van der Waals surface area contributed by atoms with E-state index in [-0.39, 0.29) is 0 Å². The Labute approximate surface area is 104 Å². The maximum Gasteiger partial charge on any atom is 0.141 e. The standard InChI is InChI=1S/C10H8BrFN2OS/c1-10(15,9-14-8(11)5-16-9)6-2-7(12)4-13-3-6/h2-5,15H,1H3. The average Bonchev–Trinajstić information content (AvgIpc) is 2.65. The summed E-state index contributed by atoms with van der Waals surface area (Å²) in [7, 11) is 0. The van der Waals surface area contributed by atoms with Gasteiger partial charge in [-0.15, -0.1) is 11.3 Å². The van der Waals surface area contributed by atoms with Gasteiger partial charge in [-0.25, -0.2) is 9.37 Å². The molecular formula is C10H8BrFN2OS. The predicted octanol–water partition coefficient (Wildman–Crippen LogP) is 2.70. The molecule has 1 unspecified atom stereocenters. The molecule has 0 bridgehead atoms. The van der Waals surface area contributed by atoms with Crippen molar-refractivity contribution in [1.29, 1.82) is 0 Å². The van der Waals surface area contributed by atoms with Crippen molar-refractivity contribution >= 4 is 27.3 Å². The van der Waals surface area contributed by atoms with E-state index in [2.05, 4.69) is 25.9 Å². The molecular weight excluding hydrogens is 295 g/mol. The van der Waals surface area contributed by atoms with Crippen molar-refractivity contribution < 1.29 is 9.50 Å². The third-order valence-corrected chi connectivity index (χ3v) is 3.92. The van der Waals surface area contributed by atoms with Gasteiger partial charge in [0, 0.05) is 17.1 Å². The fourth-order valence-corrected chi connectivity index (χ4v) is 2.61. The minimum Gasteiger partial charge on any atom is -0.378 e. The van der Waals surface area contributed by atoms with Crippen LogP contribution in [0.1, 0.15) is 17.5 Å². The van der Waals surface area contributed by atoms with Crippen LogP contribution in [0.5, 0.6) is 0 Å². The number of aliphatic hydroxyl groups is 1. The Kier molecular flexibility index (Phi) is 3.05. The number of hydrogen-bond acceptors (Lipinski definition) is 4. The SMILES string of the molecule is CC(O)(c1cncc(F)c1)c1nc(Br)cs1. The second-order valence-electron chi connectivity index (χ2n) is 3.44. The Balaban J connectivity index is 2.46. The van der Waals surface area contributed by atoms with Crippen LogP contribution >= 0.6 is 27.3 Å². The van der Waals surface area contributed by atoms with Crippen LogP contribution in [0.15, 0.2) is 28.4 Å². The molecule has 0 fully saturated rings. The molecule has 1 N–H and O–H groups in total. The summed E-state index contributed by atoms with van der Waals surface area (Å²) in [6.45, 7) is 1.56. The highest BCUT2D eigenvalue weighted by Gasteiger charge is 2.29. The molecule has 16 heavy (non-hydrogen) atoms. The number of nitrogens with zero attached hydrogens (tertiary/aromatic N) is 2. The van der Waals surface area contributed by atoms with E-state index in [4.69, 9.17) is 0 Å². The quantitative estimate of drug-likeness (QED) is 0.928. The van der Waals surface area contributed by atoms with E-state index in [9.17, 15) is 9.50 Å². The molecule has 2 rings (SSSR count). The number of pyridine rings is 1. The molecule has 0 saturated heterocycles. The van der Waals surface area contributed by atoms with Crippen LogP contribution in [-0.2, 0) is 5.60 Å². The second-order valence-corrected chi connectivity index (χ2v) is 5.11. The van der Waals surface area contributed by atoms with Crippen LogP contribution in [0.3, 0.4) is 0 Å². The first kappa shape index (κ1) is 11.6. The Bertz CT molecular complexity index is 515. The highest BCUT2D eigenvalue weighted by molar-refractivity contribution is 9.10. The number of aromatic nitrogens is 2. The van der Waals surface area contributed by atoms with Gasteiger partial charge in [-0.1, -0.05) is 0 Å². The summed E-state index contributed by atoms with van der Waals surface area (Å²) in [6.07, 6.45) is 2.52. The molecule has 0 radical (unpaired) electrons. The molecule has 0 saturated carbocycles. The Morgan fingerprint density at radius 2 is 2.25 bits per heavy atom. The number of thiazole rings is 1. The largest absolute Gasteiger partial charge is 0.378 e. The smallest absolute Gasteiger partial charge is 0.141 e. The van der Waals surface area contributed by atoms with Gasteiger partial charge in [0.05, 0.1) is 6.20 Å². The van der Waals surface area contributed by atoms with E-state index >= 15 is 0 Å². The molecule has 3 nitrogen and oxygen atoms in total. The van der Waals surface area contributed by atoms with Crippen LogP contribution in [-0.4, -0.2) is 15.1 Å². The third kappa shape index (κ3) is 2.14. The van der Waals surface area contributed by atoms with Gasteiger partial charge < -0.3 is 5.11 Å². The van der Waals surface area contributed by atoms with Gasteiger partial charge in [-0.2, -0.15) is 0 Å². The number of hydrogen-bond donors (Lipinski definition) is 1. The Morgan fingerprint density at radius 3 is 2.81 bits per heavy atom. The molecule has 2 heterocycles. The van der Waals surface area contributed by atoms with Crippen LogP contribution < -0.4 is 0 Å². The molecule has 84 valence electrons. The lowest BCUT2D eigenvalue weighted by Crippen LogP contribution is -2.23. The Hall–Kier alpha value is -0.850. The second kappa shape index (κ2) is 4.20. The molecule has 6 heteroatoms. The van der Waals surface area contributed by atoms with Crippen molar-refractivity contribution in [2.75, 3.05) is 0 Å². The van der Waals surface area contributed by atoms with E-state index in [1.165, 1.54) is 23.6 Å². The summed E-state index contributed by atoms with van der Waals surface area (Å²) in [5.41, 5.74) is -0.944. The lowest BCUT2D eigenvalue weighted by Gasteiger charge is -2.20. The monoisotopic (exact) mass is 302 g/mol. The van der Waals surface area contributed by atoms with Crippen LogP contribution in [0.25, 0.3) is 0 Å². The van der Waals surface area contributed by atoms with Gasteiger partial charge in [0.2, 0.25) is 0 Å². The summed E-state index contributed by atoms with van der Waals surface area (Å²) in [4.78, 5) is 7.84. The first-order valence-corrected chi connectivity index (χ1v) is 6.12. The van der Waals surface area contributed by atoms with Gasteiger partial charge in [0.25, 0.3) is 0 Å². The van der Waals surface area contributed by atoms with Crippen molar-refractivity contribution in [2.24, 2.45) is 0 Å². The molecule has 0 aliphatic carbocycles. The molecule has 1 atom stereocenters. The van der Waals surface area contributed by atoms with Gasteiger partial charge >= 0.3 is 0 Å². The minimum absolute atomic E-state index is 0.384. The molecule has 0 spiro atoms. The van der Waals surface area contributed by atoms with E-state index in [0.29, 0.717) is 15.2 Å². The van der Waals surface area contributed by atoms with E-state index in [1.54, 1.807) is 12.3 Å². The normalized spacial score (nSPS) is 14.8. The first-order valence-electron chi connectivity index (χ1n) is 4.45. The molecule has 0 aliphatic rings. The fraction of sp³-hybridized carbons (Fsp3) is 0.200. The van der Waals surface area contributed by atoms with Crippen molar-refractivity contribution in [3.05, 3.63) is 44.8 Å². The topological polar surface area (TPSA) is 46.0 Å². The van der Waals surface area contributed by atoms with Gasteiger partial charge in [0.15, 0.2) is 0 Å². The number of halogens is 2. The molecule has 0 amide bonds. The van der Waals surface area contributed by atoms with Gasteiger partial charge in [-0.05, 0) is 28.9 Å². The van der Waals surface area contributed by atoms with Crippen LogP contribution in [0.2, 0.25) is 0 Å². The van der Waals surface area contributed by atoms with Crippen LogP contribution in [0.4, 0.5) is 4.39 Å². The lowest BCUT2D eigenvalue weighted by atomic mass is 9.99. The zero-order valence-corrected chi connectivity index (χ0v) is 10.7. The zero-order chi connectivity index (χ0) is 11.8. The van der Waals surface area contributed by atoms with Crippen LogP contribution in [0, 0.1) is 5.82 Å². The number of rotatable bonds is 2. The van der Waals surface area contributed by atoms with Crippen molar-refractivity contribution in [2.45, 2.75) is 12.5 Å². The highest BCUT2D eigenvalue weighted by atomic mass is 79.9. The summed E-state index contributed by atoms with van der Waals surface area (Å²) in [5, 5.41) is 12.6. The van der Waals surface area contributed by atoms with Crippen molar-refractivity contribution in [1.82, 2.24) is 9.97 Å². The summed E-state index contributed by atoms with van der Waals surface area (Å²) < 4.78 is 13.7. The third-order valence-electron chi connectivity index (χ3n) is 2.16. The van der Waals surface area contributed by atoms with E-state index < -0.39 is 11.4 Å². The van der Waals surface area contributed by atoms with Gasteiger partial charge in [0.1, 0.15) is 21.0 Å². The molecule has 2 aromatic rings. The molecule has 2 aromatic heterocycles. The maximum atomic E-state index is 13.0. The summed E-state index contributed by atoms with van der Waals surface area (Å²) in [6, 6.07) is 1.25. The molecule has 0 aromatic carbocycles.